The summed E-state index contributed by atoms with van der Waals surface area (Å²) in [6, 6.07) is 7.57. The molecule has 1 saturated carbocycles. The molecule has 0 aromatic heterocycles. The van der Waals surface area contributed by atoms with E-state index in [-0.39, 0.29) is 17.6 Å². The SMILES string of the molecule is CSc1ccc(C(=O)[C@H]2CCC[C@H](C(=O)O)C2)cc1. The molecule has 1 aromatic rings. The third kappa shape index (κ3) is 3.38. The summed E-state index contributed by atoms with van der Waals surface area (Å²) in [4.78, 5) is 24.5. The minimum Gasteiger partial charge on any atom is -0.481 e. The van der Waals surface area contributed by atoms with Crippen LogP contribution in [0.25, 0.3) is 0 Å². The Balaban J connectivity index is 2.07. The van der Waals surface area contributed by atoms with Gasteiger partial charge in [-0.3, -0.25) is 9.59 Å². The van der Waals surface area contributed by atoms with Gasteiger partial charge in [0.05, 0.1) is 5.92 Å². The number of rotatable bonds is 4. The van der Waals surface area contributed by atoms with Crippen LogP contribution >= 0.6 is 11.8 Å². The van der Waals surface area contributed by atoms with Crippen molar-refractivity contribution in [2.75, 3.05) is 6.26 Å². The highest BCUT2D eigenvalue weighted by Crippen LogP contribution is 2.31. The summed E-state index contributed by atoms with van der Waals surface area (Å²) in [5.74, 6) is -1.16. The zero-order chi connectivity index (χ0) is 13.8. The summed E-state index contributed by atoms with van der Waals surface area (Å²) in [6.07, 6.45) is 4.82. The summed E-state index contributed by atoms with van der Waals surface area (Å²) in [7, 11) is 0. The largest absolute Gasteiger partial charge is 0.481 e. The van der Waals surface area contributed by atoms with Crippen LogP contribution in [0.4, 0.5) is 0 Å². The lowest BCUT2D eigenvalue weighted by Gasteiger charge is -2.25. The highest BCUT2D eigenvalue weighted by molar-refractivity contribution is 7.98. The summed E-state index contributed by atoms with van der Waals surface area (Å²) in [5.41, 5.74) is 0.703. The summed E-state index contributed by atoms with van der Waals surface area (Å²) < 4.78 is 0. The lowest BCUT2D eigenvalue weighted by molar-refractivity contribution is -0.143. The van der Waals surface area contributed by atoms with Crippen molar-refractivity contribution in [1.29, 1.82) is 0 Å². The topological polar surface area (TPSA) is 54.4 Å². The Morgan fingerprint density at radius 3 is 2.37 bits per heavy atom. The van der Waals surface area contributed by atoms with Crippen LogP contribution in [0.15, 0.2) is 29.2 Å². The second kappa shape index (κ2) is 6.24. The molecule has 19 heavy (non-hydrogen) atoms. The molecule has 1 aromatic carbocycles. The van der Waals surface area contributed by atoms with Crippen LogP contribution in [-0.4, -0.2) is 23.1 Å². The first-order valence-corrected chi connectivity index (χ1v) is 7.75. The van der Waals surface area contributed by atoms with E-state index in [4.69, 9.17) is 5.11 Å². The summed E-state index contributed by atoms with van der Waals surface area (Å²) in [5, 5.41) is 9.06. The molecule has 1 aliphatic rings. The Morgan fingerprint density at radius 1 is 1.16 bits per heavy atom. The first-order chi connectivity index (χ1) is 9.11. The van der Waals surface area contributed by atoms with Crippen LogP contribution in [0.3, 0.4) is 0 Å². The quantitative estimate of drug-likeness (QED) is 0.676. The van der Waals surface area contributed by atoms with Crippen LogP contribution in [0, 0.1) is 11.8 Å². The zero-order valence-electron chi connectivity index (χ0n) is 11.0. The molecule has 0 heterocycles. The van der Waals surface area contributed by atoms with Crippen molar-refractivity contribution < 1.29 is 14.7 Å². The van der Waals surface area contributed by atoms with Crippen molar-refractivity contribution in [1.82, 2.24) is 0 Å². The average Bonchev–Trinajstić information content (AvgIpc) is 2.46. The summed E-state index contributed by atoms with van der Waals surface area (Å²) in [6.45, 7) is 0. The monoisotopic (exact) mass is 278 g/mol. The Hall–Kier alpha value is -1.29. The molecule has 0 bridgehead atoms. The average molecular weight is 278 g/mol. The number of carbonyl (C=O) groups excluding carboxylic acids is 1. The van der Waals surface area contributed by atoms with E-state index in [1.165, 1.54) is 0 Å². The molecular weight excluding hydrogens is 260 g/mol. The van der Waals surface area contributed by atoms with Crippen LogP contribution in [0.5, 0.6) is 0 Å². The normalized spacial score (nSPS) is 23.0. The standard InChI is InChI=1S/C15H18O3S/c1-19-13-7-5-10(6-8-13)14(16)11-3-2-4-12(9-11)15(17)18/h5-8,11-12H,2-4,9H2,1H3,(H,17,18)/t11-,12-/m0/s1. The first-order valence-electron chi connectivity index (χ1n) is 6.53. The molecule has 0 amide bonds. The third-order valence-corrected chi connectivity index (χ3v) is 4.51. The van der Waals surface area contributed by atoms with E-state index in [2.05, 4.69) is 0 Å². The Morgan fingerprint density at radius 2 is 1.79 bits per heavy atom. The predicted molar refractivity (Wildman–Crippen MR) is 75.6 cm³/mol. The fraction of sp³-hybridized carbons (Fsp3) is 0.467. The van der Waals surface area contributed by atoms with Gasteiger partial charge in [0.15, 0.2) is 5.78 Å². The van der Waals surface area contributed by atoms with Crippen molar-refractivity contribution in [3.63, 3.8) is 0 Å². The molecule has 1 N–H and O–H groups in total. The number of hydrogen-bond acceptors (Lipinski definition) is 3. The van der Waals surface area contributed by atoms with Gasteiger partial charge in [0.2, 0.25) is 0 Å². The lowest BCUT2D eigenvalue weighted by Crippen LogP contribution is -2.27. The van der Waals surface area contributed by atoms with Gasteiger partial charge in [-0.25, -0.2) is 0 Å². The zero-order valence-corrected chi connectivity index (χ0v) is 11.8. The number of benzene rings is 1. The van der Waals surface area contributed by atoms with E-state index in [9.17, 15) is 9.59 Å². The number of Topliss-reactive ketones (excluding diaryl/α,β-unsaturated/α-hetero) is 1. The number of carboxylic acids is 1. The highest BCUT2D eigenvalue weighted by Gasteiger charge is 2.31. The molecule has 0 unspecified atom stereocenters. The number of aliphatic carboxylic acids is 1. The van der Waals surface area contributed by atoms with Crippen LogP contribution in [0.2, 0.25) is 0 Å². The second-order valence-electron chi connectivity index (χ2n) is 4.99. The van der Waals surface area contributed by atoms with Crippen molar-refractivity contribution in [2.24, 2.45) is 11.8 Å². The fourth-order valence-electron chi connectivity index (χ4n) is 2.64. The predicted octanol–water partition coefficient (Wildman–Crippen LogP) is 3.48. The van der Waals surface area contributed by atoms with Gasteiger partial charge >= 0.3 is 5.97 Å². The van der Waals surface area contributed by atoms with E-state index in [1.54, 1.807) is 11.8 Å². The van der Waals surface area contributed by atoms with Crippen LogP contribution in [-0.2, 0) is 4.79 Å². The van der Waals surface area contributed by atoms with Gasteiger partial charge in [0.25, 0.3) is 0 Å². The number of thioether (sulfide) groups is 1. The second-order valence-corrected chi connectivity index (χ2v) is 5.87. The Kier molecular flexibility index (Phi) is 4.64. The minimum atomic E-state index is -0.768. The third-order valence-electron chi connectivity index (χ3n) is 3.77. The van der Waals surface area contributed by atoms with E-state index >= 15 is 0 Å². The Bertz CT molecular complexity index is 467. The highest BCUT2D eigenvalue weighted by atomic mass is 32.2. The van der Waals surface area contributed by atoms with Crippen molar-refractivity contribution in [2.45, 2.75) is 30.6 Å². The van der Waals surface area contributed by atoms with Crippen LogP contribution < -0.4 is 0 Å². The molecule has 2 rings (SSSR count). The molecular formula is C15H18O3S. The molecule has 0 aliphatic heterocycles. The number of carboxylic acid groups (broad SMARTS) is 1. The number of ketones is 1. The van der Waals surface area contributed by atoms with E-state index < -0.39 is 5.97 Å². The van der Waals surface area contributed by atoms with Gasteiger partial charge in [0.1, 0.15) is 0 Å². The Labute approximate surface area is 117 Å². The van der Waals surface area contributed by atoms with Crippen molar-refractivity contribution in [3.05, 3.63) is 29.8 Å². The van der Waals surface area contributed by atoms with Crippen molar-refractivity contribution in [3.8, 4) is 0 Å². The van der Waals surface area contributed by atoms with E-state index in [1.807, 2.05) is 30.5 Å². The molecule has 102 valence electrons. The van der Waals surface area contributed by atoms with Gasteiger partial charge < -0.3 is 5.11 Å². The maximum Gasteiger partial charge on any atom is 0.306 e. The smallest absolute Gasteiger partial charge is 0.306 e. The molecule has 1 fully saturated rings. The molecule has 0 spiro atoms. The van der Waals surface area contributed by atoms with Gasteiger partial charge in [0, 0.05) is 16.4 Å². The van der Waals surface area contributed by atoms with E-state index in [0.29, 0.717) is 18.4 Å². The lowest BCUT2D eigenvalue weighted by atomic mass is 9.78. The molecule has 3 nitrogen and oxygen atoms in total. The van der Waals surface area contributed by atoms with Gasteiger partial charge in [-0.05, 0) is 37.7 Å². The minimum absolute atomic E-state index is 0.0959. The van der Waals surface area contributed by atoms with E-state index in [0.717, 1.165) is 17.7 Å². The van der Waals surface area contributed by atoms with Gasteiger partial charge in [-0.2, -0.15) is 0 Å². The fourth-order valence-corrected chi connectivity index (χ4v) is 3.05. The maximum absolute atomic E-state index is 12.4. The molecule has 0 radical (unpaired) electrons. The van der Waals surface area contributed by atoms with Crippen molar-refractivity contribution >= 4 is 23.5 Å². The first kappa shape index (κ1) is 14.1. The molecule has 0 saturated heterocycles. The maximum atomic E-state index is 12.4. The summed E-state index contributed by atoms with van der Waals surface area (Å²) >= 11 is 1.64. The van der Waals surface area contributed by atoms with Gasteiger partial charge in [-0.15, -0.1) is 11.8 Å². The number of hydrogen-bond donors (Lipinski definition) is 1. The van der Waals surface area contributed by atoms with Crippen LogP contribution in [0.1, 0.15) is 36.0 Å². The molecule has 4 heteroatoms. The number of carbonyl (C=O) groups is 2. The van der Waals surface area contributed by atoms with Gasteiger partial charge in [-0.1, -0.05) is 18.6 Å². The molecule has 2 atom stereocenters. The molecule has 1 aliphatic carbocycles.